The van der Waals surface area contributed by atoms with E-state index in [1.54, 1.807) is 7.11 Å². The van der Waals surface area contributed by atoms with Crippen LogP contribution in [0.2, 0.25) is 0 Å². The highest BCUT2D eigenvalue weighted by Crippen LogP contribution is 2.28. The number of fused-ring (bicyclic) bond motifs is 1. The van der Waals surface area contributed by atoms with Gasteiger partial charge in [-0.1, -0.05) is 0 Å². The monoisotopic (exact) mass is 295 g/mol. The molecule has 1 aliphatic carbocycles. The van der Waals surface area contributed by atoms with E-state index in [2.05, 4.69) is 4.90 Å². The Kier molecular flexibility index (Phi) is 4.33. The fourth-order valence-electron chi connectivity index (χ4n) is 2.83. The van der Waals surface area contributed by atoms with Crippen LogP contribution < -0.4 is 0 Å². The Hall–Kier alpha value is -0.980. The van der Waals surface area contributed by atoms with Crippen molar-refractivity contribution in [2.24, 2.45) is 0 Å². The third kappa shape index (κ3) is 3.02. The number of aryl methyl sites for hydroxylation is 2. The van der Waals surface area contributed by atoms with Crippen molar-refractivity contribution >= 4 is 17.2 Å². The maximum atomic E-state index is 12.1. The lowest BCUT2D eigenvalue weighted by atomic mass is 10.3. The van der Waals surface area contributed by atoms with Gasteiger partial charge in [-0.2, -0.15) is 0 Å². The number of hydrogen-bond donors (Lipinski definition) is 0. The molecule has 1 amide bonds. The molecule has 3 rings (SSSR count). The maximum Gasteiger partial charge on any atom is 0.236 e. The van der Waals surface area contributed by atoms with Crippen LogP contribution in [0.4, 0.5) is 0 Å². The van der Waals surface area contributed by atoms with Gasteiger partial charge in [0.15, 0.2) is 0 Å². The number of amides is 1. The van der Waals surface area contributed by atoms with Gasteiger partial charge in [0.2, 0.25) is 5.91 Å². The number of hydrogen-bond acceptors (Lipinski definition) is 5. The number of piperazine rings is 1. The minimum atomic E-state index is 0.206. The molecule has 2 heterocycles. The van der Waals surface area contributed by atoms with Gasteiger partial charge in [0, 0.05) is 31.6 Å². The molecule has 0 radical (unpaired) electrons. The normalized spacial score (nSPS) is 19.6. The van der Waals surface area contributed by atoms with Gasteiger partial charge in [-0.25, -0.2) is 4.98 Å². The summed E-state index contributed by atoms with van der Waals surface area (Å²) in [7, 11) is 1.67. The van der Waals surface area contributed by atoms with Crippen molar-refractivity contribution < 1.29 is 9.53 Å². The number of thiazole rings is 1. The maximum absolute atomic E-state index is 12.1. The molecular weight excluding hydrogens is 274 g/mol. The molecule has 1 aromatic heterocycles. The van der Waals surface area contributed by atoms with E-state index in [0.29, 0.717) is 19.7 Å². The van der Waals surface area contributed by atoms with Crippen molar-refractivity contribution in [3.63, 3.8) is 0 Å². The summed E-state index contributed by atoms with van der Waals surface area (Å²) < 4.78 is 5.03. The first kappa shape index (κ1) is 14.0. The molecule has 0 unspecified atom stereocenters. The SMILES string of the molecule is COCCN1CCN(Cc2nc3c(s2)CCC3)CC1=O. The lowest BCUT2D eigenvalue weighted by molar-refractivity contribution is -0.136. The quantitative estimate of drug-likeness (QED) is 0.810. The van der Waals surface area contributed by atoms with Gasteiger partial charge >= 0.3 is 0 Å². The van der Waals surface area contributed by atoms with Gasteiger partial charge in [-0.05, 0) is 19.3 Å². The molecule has 6 heteroatoms. The molecule has 0 spiro atoms. The Morgan fingerprint density at radius 1 is 1.35 bits per heavy atom. The summed E-state index contributed by atoms with van der Waals surface area (Å²) in [4.78, 5) is 22.3. The first-order valence-corrected chi connectivity index (χ1v) is 8.04. The summed E-state index contributed by atoms with van der Waals surface area (Å²) >= 11 is 1.83. The molecule has 1 aliphatic heterocycles. The van der Waals surface area contributed by atoms with Crippen molar-refractivity contribution in [2.45, 2.75) is 25.8 Å². The van der Waals surface area contributed by atoms with Crippen LogP contribution in [0.3, 0.4) is 0 Å². The summed E-state index contributed by atoms with van der Waals surface area (Å²) in [5.74, 6) is 0.206. The topological polar surface area (TPSA) is 45.7 Å². The summed E-state index contributed by atoms with van der Waals surface area (Å²) in [6.07, 6.45) is 3.58. The average Bonchev–Trinajstić information content (AvgIpc) is 2.98. The standard InChI is InChI=1S/C14H21N3O2S/c1-19-8-7-17-6-5-16(10-14(17)18)9-13-15-11-3-2-4-12(11)20-13/h2-10H2,1H3. The summed E-state index contributed by atoms with van der Waals surface area (Å²) in [5, 5.41) is 1.17. The van der Waals surface area contributed by atoms with Gasteiger partial charge in [0.1, 0.15) is 5.01 Å². The van der Waals surface area contributed by atoms with Crippen LogP contribution >= 0.6 is 11.3 Å². The van der Waals surface area contributed by atoms with Crippen LogP contribution in [-0.4, -0.2) is 60.6 Å². The Morgan fingerprint density at radius 2 is 2.25 bits per heavy atom. The Bertz CT molecular complexity index is 467. The summed E-state index contributed by atoms with van der Waals surface area (Å²) in [6.45, 7) is 4.38. The lowest BCUT2D eigenvalue weighted by Crippen LogP contribution is -2.50. The van der Waals surface area contributed by atoms with Crippen LogP contribution in [0.1, 0.15) is 22.0 Å². The van der Waals surface area contributed by atoms with Crippen LogP contribution in [0, 0.1) is 0 Å². The molecule has 0 saturated carbocycles. The molecule has 2 aliphatic rings. The number of carbonyl (C=O) groups excluding carboxylic acids is 1. The van der Waals surface area contributed by atoms with Crippen molar-refractivity contribution in [3.8, 4) is 0 Å². The van der Waals surface area contributed by atoms with Gasteiger partial charge in [-0.15, -0.1) is 11.3 Å². The lowest BCUT2D eigenvalue weighted by Gasteiger charge is -2.33. The van der Waals surface area contributed by atoms with E-state index < -0.39 is 0 Å². The first-order valence-electron chi connectivity index (χ1n) is 7.23. The molecule has 0 atom stereocenters. The number of nitrogens with zero attached hydrogens (tertiary/aromatic N) is 3. The molecule has 1 saturated heterocycles. The summed E-state index contributed by atoms with van der Waals surface area (Å²) in [5.41, 5.74) is 1.30. The molecule has 0 bridgehead atoms. The van der Waals surface area contributed by atoms with Gasteiger partial charge < -0.3 is 9.64 Å². The molecule has 110 valence electrons. The molecule has 5 nitrogen and oxygen atoms in total. The van der Waals surface area contributed by atoms with Crippen LogP contribution in [0.5, 0.6) is 0 Å². The van der Waals surface area contributed by atoms with Crippen molar-refractivity contribution in [1.82, 2.24) is 14.8 Å². The molecule has 1 aromatic rings. The highest BCUT2D eigenvalue weighted by molar-refractivity contribution is 7.11. The van der Waals surface area contributed by atoms with Crippen LogP contribution in [-0.2, 0) is 28.9 Å². The average molecular weight is 295 g/mol. The minimum absolute atomic E-state index is 0.206. The van der Waals surface area contributed by atoms with E-state index in [1.165, 1.54) is 28.4 Å². The zero-order valence-electron chi connectivity index (χ0n) is 11.9. The zero-order chi connectivity index (χ0) is 13.9. The second-order valence-electron chi connectivity index (χ2n) is 5.42. The van der Waals surface area contributed by atoms with E-state index in [1.807, 2.05) is 16.2 Å². The van der Waals surface area contributed by atoms with Gasteiger partial charge in [0.25, 0.3) is 0 Å². The van der Waals surface area contributed by atoms with E-state index in [9.17, 15) is 4.79 Å². The smallest absolute Gasteiger partial charge is 0.236 e. The van der Waals surface area contributed by atoms with E-state index in [-0.39, 0.29) is 5.91 Å². The van der Waals surface area contributed by atoms with E-state index in [4.69, 9.17) is 9.72 Å². The fraction of sp³-hybridized carbons (Fsp3) is 0.714. The first-order chi connectivity index (χ1) is 9.76. The molecule has 0 N–H and O–H groups in total. The molecular formula is C14H21N3O2S. The predicted molar refractivity (Wildman–Crippen MR) is 77.9 cm³/mol. The van der Waals surface area contributed by atoms with Gasteiger partial charge in [0.05, 0.1) is 25.4 Å². The largest absolute Gasteiger partial charge is 0.383 e. The molecule has 20 heavy (non-hydrogen) atoms. The Labute approximate surface area is 123 Å². The van der Waals surface area contributed by atoms with Crippen molar-refractivity contribution in [1.29, 1.82) is 0 Å². The number of ether oxygens (including phenoxy) is 1. The number of aromatic nitrogens is 1. The highest BCUT2D eigenvalue weighted by atomic mass is 32.1. The van der Waals surface area contributed by atoms with Crippen molar-refractivity contribution in [2.75, 3.05) is 39.9 Å². The van der Waals surface area contributed by atoms with Crippen LogP contribution in [0.15, 0.2) is 0 Å². The third-order valence-electron chi connectivity index (χ3n) is 3.96. The van der Waals surface area contributed by atoms with Crippen molar-refractivity contribution in [3.05, 3.63) is 15.6 Å². The van der Waals surface area contributed by atoms with Crippen LogP contribution in [0.25, 0.3) is 0 Å². The zero-order valence-corrected chi connectivity index (χ0v) is 12.7. The number of rotatable bonds is 5. The third-order valence-corrected chi connectivity index (χ3v) is 5.10. The second-order valence-corrected chi connectivity index (χ2v) is 6.58. The fourth-order valence-corrected chi connectivity index (χ4v) is 4.03. The van der Waals surface area contributed by atoms with E-state index in [0.717, 1.165) is 26.1 Å². The Morgan fingerprint density at radius 3 is 3.00 bits per heavy atom. The predicted octanol–water partition coefficient (Wildman–Crippen LogP) is 0.922. The Balaban J connectivity index is 1.53. The number of carbonyl (C=O) groups is 1. The minimum Gasteiger partial charge on any atom is -0.383 e. The highest BCUT2D eigenvalue weighted by Gasteiger charge is 2.25. The molecule has 1 fully saturated rings. The van der Waals surface area contributed by atoms with E-state index >= 15 is 0 Å². The second kappa shape index (κ2) is 6.20. The number of methoxy groups -OCH3 is 1. The van der Waals surface area contributed by atoms with Gasteiger partial charge in [-0.3, -0.25) is 9.69 Å². The molecule has 0 aromatic carbocycles. The summed E-state index contributed by atoms with van der Waals surface area (Å²) in [6, 6.07) is 0.